The van der Waals surface area contributed by atoms with Gasteiger partial charge in [0.25, 0.3) is 0 Å². The average molecular weight is 351 g/mol. The molecule has 0 spiro atoms. The first-order valence-electron chi connectivity index (χ1n) is 3.30. The Morgan fingerprint density at radius 3 is 0.833 bits per heavy atom. The molecule has 12 heavy (non-hydrogen) atoms. The number of hydrogen-bond donors (Lipinski definition) is 0. The number of rotatable bonds is 0. The van der Waals surface area contributed by atoms with Crippen LogP contribution in [-0.2, 0) is 20.1 Å². The van der Waals surface area contributed by atoms with Gasteiger partial charge in [-0.25, -0.2) is 0 Å². The van der Waals surface area contributed by atoms with E-state index in [1.807, 2.05) is 0 Å². The largest absolute Gasteiger partial charge is 3.00 e. The maximum absolute atomic E-state index is 2.27. The van der Waals surface area contributed by atoms with Crippen LogP contribution in [0.3, 0.4) is 0 Å². The first kappa shape index (κ1) is 22.7. The summed E-state index contributed by atoms with van der Waals surface area (Å²) in [5.41, 5.74) is 0. The molecule has 0 aromatic rings. The molecule has 0 atom stereocenters. The maximum atomic E-state index is 2.27. The molecule has 3 N–H and O–H groups in total. The molecular formula is C8H15IrO3. The van der Waals surface area contributed by atoms with Gasteiger partial charge in [0.05, 0.1) is 0 Å². The quantitative estimate of drug-likeness (QED) is 0.626. The van der Waals surface area contributed by atoms with Crippen molar-refractivity contribution in [3.05, 3.63) is 24.3 Å². The Hall–Kier alpha value is 0.00935. The Balaban J connectivity index is -0.0000000800. The Morgan fingerprint density at radius 1 is 0.500 bits per heavy atom. The second-order valence-electron chi connectivity index (χ2n) is 2.10. The third kappa shape index (κ3) is 12.7. The summed E-state index contributed by atoms with van der Waals surface area (Å²) in [6, 6.07) is 0. The van der Waals surface area contributed by atoms with Crippen molar-refractivity contribution in [2.24, 2.45) is 0 Å². The van der Waals surface area contributed by atoms with Crippen molar-refractivity contribution in [3.63, 3.8) is 0 Å². The Bertz CT molecular complexity index is 86.9. The minimum absolute atomic E-state index is 0. The Morgan fingerprint density at radius 2 is 0.667 bits per heavy atom. The second-order valence-corrected chi connectivity index (χ2v) is 2.10. The SMILES string of the molecule is C1=CCCC=CCC1.[Ir+3].[OH-].[OH-].[OH-]. The molecule has 1 aliphatic rings. The van der Waals surface area contributed by atoms with Gasteiger partial charge >= 0.3 is 20.1 Å². The van der Waals surface area contributed by atoms with Crippen LogP contribution in [0.2, 0.25) is 0 Å². The molecule has 0 heterocycles. The molecule has 1 rings (SSSR count). The van der Waals surface area contributed by atoms with Gasteiger partial charge in [-0.15, -0.1) is 0 Å². The summed E-state index contributed by atoms with van der Waals surface area (Å²) in [6.07, 6.45) is 14.0. The van der Waals surface area contributed by atoms with Crippen LogP contribution in [0.5, 0.6) is 0 Å². The smallest absolute Gasteiger partial charge is 0.870 e. The molecule has 4 heteroatoms. The van der Waals surface area contributed by atoms with E-state index >= 15 is 0 Å². The number of allylic oxidation sites excluding steroid dienone is 4. The zero-order valence-electron chi connectivity index (χ0n) is 6.81. The second kappa shape index (κ2) is 17.2. The molecule has 0 aliphatic heterocycles. The van der Waals surface area contributed by atoms with Crippen molar-refractivity contribution in [1.82, 2.24) is 0 Å². The summed E-state index contributed by atoms with van der Waals surface area (Å²) in [5.74, 6) is 0. The summed E-state index contributed by atoms with van der Waals surface area (Å²) in [5, 5.41) is 0. The number of hydrogen-bond acceptors (Lipinski definition) is 3. The molecule has 3 nitrogen and oxygen atoms in total. The molecule has 0 bridgehead atoms. The van der Waals surface area contributed by atoms with Crippen LogP contribution in [0.25, 0.3) is 0 Å². The van der Waals surface area contributed by atoms with Crippen LogP contribution >= 0.6 is 0 Å². The van der Waals surface area contributed by atoms with E-state index in [9.17, 15) is 0 Å². The van der Waals surface area contributed by atoms with E-state index < -0.39 is 0 Å². The molecule has 0 aromatic heterocycles. The van der Waals surface area contributed by atoms with Gasteiger partial charge in [-0.3, -0.25) is 0 Å². The zero-order valence-corrected chi connectivity index (χ0v) is 9.21. The molecule has 74 valence electrons. The first-order chi connectivity index (χ1) is 4.00. The van der Waals surface area contributed by atoms with Crippen molar-refractivity contribution in [2.75, 3.05) is 0 Å². The summed E-state index contributed by atoms with van der Waals surface area (Å²) in [7, 11) is 0. The fourth-order valence-corrected chi connectivity index (χ4v) is 0.856. The average Bonchev–Trinajstić information content (AvgIpc) is 1.62. The van der Waals surface area contributed by atoms with Crippen molar-refractivity contribution in [3.8, 4) is 0 Å². The molecule has 0 aromatic carbocycles. The third-order valence-corrected chi connectivity index (χ3v) is 1.33. The van der Waals surface area contributed by atoms with Crippen LogP contribution < -0.4 is 0 Å². The van der Waals surface area contributed by atoms with E-state index in [1.54, 1.807) is 0 Å². The van der Waals surface area contributed by atoms with Crippen molar-refractivity contribution in [2.45, 2.75) is 25.7 Å². The monoisotopic (exact) mass is 352 g/mol. The van der Waals surface area contributed by atoms with Crippen LogP contribution in [0, 0.1) is 0 Å². The van der Waals surface area contributed by atoms with Gasteiger partial charge in [-0.2, -0.15) is 0 Å². The van der Waals surface area contributed by atoms with Crippen molar-refractivity contribution in [1.29, 1.82) is 0 Å². The molecule has 0 unspecified atom stereocenters. The summed E-state index contributed by atoms with van der Waals surface area (Å²) < 4.78 is 0. The fraction of sp³-hybridized carbons (Fsp3) is 0.500. The van der Waals surface area contributed by atoms with E-state index in [2.05, 4.69) is 24.3 Å². The van der Waals surface area contributed by atoms with Crippen LogP contribution in [-0.4, -0.2) is 16.4 Å². The van der Waals surface area contributed by atoms with Gasteiger partial charge in [-0.1, -0.05) is 24.3 Å². The minimum Gasteiger partial charge on any atom is -0.870 e. The van der Waals surface area contributed by atoms with Gasteiger partial charge in [0, 0.05) is 0 Å². The van der Waals surface area contributed by atoms with E-state index in [4.69, 9.17) is 0 Å². The summed E-state index contributed by atoms with van der Waals surface area (Å²) in [6.45, 7) is 0. The van der Waals surface area contributed by atoms with E-state index in [0.717, 1.165) is 0 Å². The third-order valence-electron chi connectivity index (χ3n) is 1.33. The topological polar surface area (TPSA) is 90.0 Å². The maximum Gasteiger partial charge on any atom is 3.00 e. The van der Waals surface area contributed by atoms with Crippen LogP contribution in [0.4, 0.5) is 0 Å². The standard InChI is InChI=1S/C8H12.Ir.3H2O/c1-2-4-6-8-7-5-3-1;;;;/h1-2,7-8H,3-6H2;;3*1H2/q;+3;;;/p-3. The zero-order chi connectivity index (χ0) is 5.66. The van der Waals surface area contributed by atoms with E-state index in [-0.39, 0.29) is 36.5 Å². The summed E-state index contributed by atoms with van der Waals surface area (Å²) >= 11 is 0. The van der Waals surface area contributed by atoms with Gasteiger partial charge in [-0.05, 0) is 25.7 Å². The molecule has 0 saturated carbocycles. The molecule has 0 fully saturated rings. The Kier molecular flexibility index (Phi) is 32.5. The predicted octanol–water partition coefficient (Wildman–Crippen LogP) is 2.14. The van der Waals surface area contributed by atoms with Crippen LogP contribution in [0.15, 0.2) is 24.3 Å². The fourth-order valence-electron chi connectivity index (χ4n) is 0.856. The van der Waals surface area contributed by atoms with E-state index in [0.29, 0.717) is 0 Å². The van der Waals surface area contributed by atoms with Gasteiger partial charge in [0.1, 0.15) is 0 Å². The van der Waals surface area contributed by atoms with Gasteiger partial charge < -0.3 is 16.4 Å². The summed E-state index contributed by atoms with van der Waals surface area (Å²) in [4.78, 5) is 0. The van der Waals surface area contributed by atoms with Gasteiger partial charge in [0.2, 0.25) is 0 Å². The normalized spacial score (nSPS) is 13.3. The Labute approximate surface area is 86.8 Å². The molecule has 0 saturated heterocycles. The molecular weight excluding hydrogens is 336 g/mol. The van der Waals surface area contributed by atoms with Crippen LogP contribution in [0.1, 0.15) is 25.7 Å². The molecule has 1 aliphatic carbocycles. The molecule has 0 amide bonds. The van der Waals surface area contributed by atoms with E-state index in [1.165, 1.54) is 25.7 Å². The first-order valence-corrected chi connectivity index (χ1v) is 3.30. The van der Waals surface area contributed by atoms with Gasteiger partial charge in [0.15, 0.2) is 0 Å². The minimum atomic E-state index is 0. The predicted molar refractivity (Wildman–Crippen MR) is 42.6 cm³/mol. The van der Waals surface area contributed by atoms with Crippen molar-refractivity contribution < 1.29 is 36.5 Å². The molecule has 0 radical (unpaired) electrons. The van der Waals surface area contributed by atoms with Crippen molar-refractivity contribution >= 4 is 0 Å².